The Hall–Kier alpha value is -3.02. The molecule has 0 bridgehead atoms. The third kappa shape index (κ3) is 2.27. The smallest absolute Gasteiger partial charge is 0.333 e. The molecule has 0 aromatic carbocycles. The average molecular weight is 329 g/mol. The molecule has 3 aromatic heterocycles. The largest absolute Gasteiger partial charge is 0.345 e. The SMILES string of the molecule is Cc1c(Nc2nc(C3CC3)c3c(C#N)c[nH]c3n2)cnn1C(F)F. The minimum Gasteiger partial charge on any atom is -0.345 e. The second-order valence-corrected chi connectivity index (χ2v) is 5.74. The van der Waals surface area contributed by atoms with Gasteiger partial charge in [0, 0.05) is 12.1 Å². The number of nitriles is 1. The van der Waals surface area contributed by atoms with E-state index in [0.29, 0.717) is 39.1 Å². The normalized spacial score (nSPS) is 14.3. The molecule has 0 spiro atoms. The molecule has 0 aliphatic heterocycles. The molecule has 24 heavy (non-hydrogen) atoms. The van der Waals surface area contributed by atoms with Gasteiger partial charge in [-0.2, -0.15) is 24.1 Å². The maximum absolute atomic E-state index is 12.8. The van der Waals surface area contributed by atoms with Gasteiger partial charge in [0.1, 0.15) is 11.7 Å². The van der Waals surface area contributed by atoms with Crippen molar-refractivity contribution in [2.75, 3.05) is 5.32 Å². The molecular formula is C15H13F2N7. The Bertz CT molecular complexity index is 962. The molecule has 0 unspecified atom stereocenters. The quantitative estimate of drug-likeness (QED) is 0.765. The van der Waals surface area contributed by atoms with Crippen LogP contribution in [0.3, 0.4) is 0 Å². The van der Waals surface area contributed by atoms with Gasteiger partial charge in [0.15, 0.2) is 0 Å². The molecule has 3 aromatic rings. The number of alkyl halides is 2. The maximum atomic E-state index is 12.8. The van der Waals surface area contributed by atoms with Crippen LogP contribution in [-0.2, 0) is 0 Å². The van der Waals surface area contributed by atoms with Gasteiger partial charge in [-0.15, -0.1) is 0 Å². The van der Waals surface area contributed by atoms with Crippen molar-refractivity contribution in [3.8, 4) is 6.07 Å². The van der Waals surface area contributed by atoms with E-state index in [2.05, 4.69) is 31.4 Å². The van der Waals surface area contributed by atoms with Crippen molar-refractivity contribution in [3.63, 3.8) is 0 Å². The van der Waals surface area contributed by atoms with Crippen LogP contribution in [0.2, 0.25) is 0 Å². The highest BCUT2D eigenvalue weighted by atomic mass is 19.3. The van der Waals surface area contributed by atoms with E-state index in [1.54, 1.807) is 13.1 Å². The van der Waals surface area contributed by atoms with Gasteiger partial charge < -0.3 is 10.3 Å². The summed E-state index contributed by atoms with van der Waals surface area (Å²) >= 11 is 0. The average Bonchev–Trinajstić information content (AvgIpc) is 3.23. The third-order valence-electron chi connectivity index (χ3n) is 4.12. The first-order chi connectivity index (χ1) is 11.6. The number of aromatic amines is 1. The summed E-state index contributed by atoms with van der Waals surface area (Å²) in [5.74, 6) is 0.608. The van der Waals surface area contributed by atoms with Crippen molar-refractivity contribution in [2.24, 2.45) is 0 Å². The first-order valence-electron chi connectivity index (χ1n) is 7.47. The molecular weight excluding hydrogens is 316 g/mol. The summed E-state index contributed by atoms with van der Waals surface area (Å²) < 4.78 is 26.3. The maximum Gasteiger partial charge on any atom is 0.333 e. The van der Waals surface area contributed by atoms with E-state index in [1.807, 2.05) is 0 Å². The van der Waals surface area contributed by atoms with Crippen LogP contribution >= 0.6 is 0 Å². The van der Waals surface area contributed by atoms with Crippen LogP contribution in [0, 0.1) is 18.3 Å². The number of nitrogens with zero attached hydrogens (tertiary/aromatic N) is 5. The van der Waals surface area contributed by atoms with Gasteiger partial charge >= 0.3 is 6.55 Å². The molecule has 1 saturated carbocycles. The molecule has 1 fully saturated rings. The highest BCUT2D eigenvalue weighted by Gasteiger charge is 2.29. The van der Waals surface area contributed by atoms with Gasteiger partial charge in [-0.05, 0) is 19.8 Å². The summed E-state index contributed by atoms with van der Waals surface area (Å²) in [4.78, 5) is 11.8. The van der Waals surface area contributed by atoms with Gasteiger partial charge in [0.25, 0.3) is 0 Å². The van der Waals surface area contributed by atoms with E-state index >= 15 is 0 Å². The van der Waals surface area contributed by atoms with Crippen molar-refractivity contribution in [1.29, 1.82) is 5.26 Å². The summed E-state index contributed by atoms with van der Waals surface area (Å²) in [7, 11) is 0. The number of H-pyrrole nitrogens is 1. The van der Waals surface area contributed by atoms with E-state index in [-0.39, 0.29) is 0 Å². The van der Waals surface area contributed by atoms with Crippen LogP contribution in [-0.4, -0.2) is 24.7 Å². The summed E-state index contributed by atoms with van der Waals surface area (Å²) in [5.41, 5.74) is 2.61. The zero-order valence-corrected chi connectivity index (χ0v) is 12.7. The molecule has 7 nitrogen and oxygen atoms in total. The summed E-state index contributed by atoms with van der Waals surface area (Å²) in [5, 5.41) is 16.6. The van der Waals surface area contributed by atoms with Crippen LogP contribution < -0.4 is 5.32 Å². The zero-order chi connectivity index (χ0) is 16.8. The predicted molar refractivity (Wildman–Crippen MR) is 82.1 cm³/mol. The van der Waals surface area contributed by atoms with E-state index in [1.165, 1.54) is 6.20 Å². The number of hydrogen-bond donors (Lipinski definition) is 2. The lowest BCUT2D eigenvalue weighted by atomic mass is 10.1. The summed E-state index contributed by atoms with van der Waals surface area (Å²) in [6.45, 7) is -1.16. The molecule has 1 aliphatic rings. The minimum absolute atomic E-state index is 0.297. The fourth-order valence-electron chi connectivity index (χ4n) is 2.72. The second-order valence-electron chi connectivity index (χ2n) is 5.74. The van der Waals surface area contributed by atoms with E-state index in [4.69, 9.17) is 0 Å². The van der Waals surface area contributed by atoms with Crippen molar-refractivity contribution in [3.05, 3.63) is 29.3 Å². The number of rotatable bonds is 4. The van der Waals surface area contributed by atoms with Gasteiger partial charge in [-0.3, -0.25) is 0 Å². The van der Waals surface area contributed by atoms with Crippen molar-refractivity contribution < 1.29 is 8.78 Å². The number of aromatic nitrogens is 5. The minimum atomic E-state index is -2.70. The molecule has 0 radical (unpaired) electrons. The summed E-state index contributed by atoms with van der Waals surface area (Å²) in [6.07, 6.45) is 4.96. The first kappa shape index (κ1) is 14.6. The van der Waals surface area contributed by atoms with Gasteiger partial charge in [-0.25, -0.2) is 9.67 Å². The second kappa shape index (κ2) is 5.26. The Morgan fingerprint density at radius 3 is 2.83 bits per heavy atom. The van der Waals surface area contributed by atoms with Crippen molar-refractivity contribution in [1.82, 2.24) is 24.7 Å². The molecule has 9 heteroatoms. The number of halogens is 2. The molecule has 3 heterocycles. The highest BCUT2D eigenvalue weighted by molar-refractivity contribution is 5.86. The van der Waals surface area contributed by atoms with Crippen LogP contribution in [0.5, 0.6) is 0 Å². The Morgan fingerprint density at radius 1 is 1.42 bits per heavy atom. The molecule has 1 aliphatic carbocycles. The standard InChI is InChI=1S/C15H13F2N7/c1-7-10(6-20-24(7)14(16)17)21-15-22-12(8-2-3-8)11-9(4-18)5-19-13(11)23-15/h5-6,8,14H,2-3H2,1H3,(H2,19,21,22,23). The van der Waals surface area contributed by atoms with Gasteiger partial charge in [0.2, 0.25) is 5.95 Å². The van der Waals surface area contributed by atoms with Crippen molar-refractivity contribution in [2.45, 2.75) is 32.2 Å². The topological polar surface area (TPSA) is 95.2 Å². The van der Waals surface area contributed by atoms with E-state index < -0.39 is 6.55 Å². The molecule has 0 amide bonds. The van der Waals surface area contributed by atoms with Crippen molar-refractivity contribution >= 4 is 22.7 Å². The molecule has 122 valence electrons. The van der Waals surface area contributed by atoms with E-state index in [9.17, 15) is 14.0 Å². The van der Waals surface area contributed by atoms with Gasteiger partial charge in [0.05, 0.1) is 34.2 Å². The lowest BCUT2D eigenvalue weighted by Gasteiger charge is -2.08. The number of fused-ring (bicyclic) bond motifs is 1. The number of nitrogens with one attached hydrogen (secondary N) is 2. The predicted octanol–water partition coefficient (Wildman–Crippen LogP) is 3.35. The Morgan fingerprint density at radius 2 is 2.21 bits per heavy atom. The van der Waals surface area contributed by atoms with Crippen LogP contribution in [0.25, 0.3) is 11.0 Å². The van der Waals surface area contributed by atoms with E-state index in [0.717, 1.165) is 23.9 Å². The molecule has 0 atom stereocenters. The first-order valence-corrected chi connectivity index (χ1v) is 7.47. The zero-order valence-electron chi connectivity index (χ0n) is 12.7. The fourth-order valence-corrected chi connectivity index (χ4v) is 2.72. The molecule has 2 N–H and O–H groups in total. The number of hydrogen-bond acceptors (Lipinski definition) is 5. The fraction of sp³-hybridized carbons (Fsp3) is 0.333. The molecule has 0 saturated heterocycles. The highest BCUT2D eigenvalue weighted by Crippen LogP contribution is 2.43. The Kier molecular flexibility index (Phi) is 3.19. The summed E-state index contributed by atoms with van der Waals surface area (Å²) in [6, 6.07) is 2.14. The van der Waals surface area contributed by atoms with Crippen LogP contribution in [0.4, 0.5) is 20.4 Å². The lowest BCUT2D eigenvalue weighted by Crippen LogP contribution is -2.04. The lowest BCUT2D eigenvalue weighted by molar-refractivity contribution is 0.0545. The Balaban J connectivity index is 1.77. The number of anilines is 2. The monoisotopic (exact) mass is 329 g/mol. The molecule has 4 rings (SSSR count). The van der Waals surface area contributed by atoms with Crippen LogP contribution in [0.15, 0.2) is 12.4 Å². The van der Waals surface area contributed by atoms with Gasteiger partial charge in [-0.1, -0.05) is 0 Å². The van der Waals surface area contributed by atoms with Crippen LogP contribution in [0.1, 0.15) is 42.3 Å². The third-order valence-corrected chi connectivity index (χ3v) is 4.12. The Labute approximate surface area is 135 Å².